The molecule has 0 saturated heterocycles. The van der Waals surface area contributed by atoms with Crippen molar-refractivity contribution in [2.75, 3.05) is 0 Å². The van der Waals surface area contributed by atoms with E-state index >= 15 is 0 Å². The van der Waals surface area contributed by atoms with Gasteiger partial charge in [-0.05, 0) is 52.3 Å². The monoisotopic (exact) mass is 796 g/mol. The molecule has 233 valence electrons. The van der Waals surface area contributed by atoms with E-state index in [0.717, 1.165) is 55.4 Å². The maximum atomic E-state index is 6.56. The topological polar surface area (TPSA) is 43.3 Å². The summed E-state index contributed by atoms with van der Waals surface area (Å²) in [6.07, 6.45) is 3.69. The Kier molecular flexibility index (Phi) is 7.52. The average Bonchev–Trinajstić information content (AvgIpc) is 3.79. The molecule has 0 aliphatic rings. The van der Waals surface area contributed by atoms with Crippen molar-refractivity contribution in [3.05, 3.63) is 151 Å². The summed E-state index contributed by atoms with van der Waals surface area (Å²) in [5.41, 5.74) is 10.4. The van der Waals surface area contributed by atoms with Crippen molar-refractivity contribution in [2.24, 2.45) is 0 Å². The predicted molar refractivity (Wildman–Crippen MR) is 193 cm³/mol. The second-order valence-corrected chi connectivity index (χ2v) is 12.2. The Morgan fingerprint density at radius 3 is 2.23 bits per heavy atom. The zero-order valence-corrected chi connectivity index (χ0v) is 28.8. The summed E-state index contributed by atoms with van der Waals surface area (Å²) < 4.78 is 8.98. The Hall–Kier alpha value is -5.35. The van der Waals surface area contributed by atoms with Crippen LogP contribution < -0.4 is 0 Å². The fourth-order valence-corrected chi connectivity index (χ4v) is 6.89. The number of rotatable bonds is 3. The molecule has 0 N–H and O–H groups in total. The normalized spacial score (nSPS) is 11.6. The van der Waals surface area contributed by atoms with Gasteiger partial charge in [-0.15, -0.1) is 42.0 Å². The Morgan fingerprint density at radius 1 is 0.667 bits per heavy atom. The van der Waals surface area contributed by atoms with Gasteiger partial charge in [0.15, 0.2) is 0 Å². The van der Waals surface area contributed by atoms with Crippen LogP contribution in [0.4, 0.5) is 0 Å². The maximum Gasteiger partial charge on any atom is 0.123 e. The van der Waals surface area contributed by atoms with Gasteiger partial charge in [0.1, 0.15) is 5.58 Å². The first-order chi connectivity index (χ1) is 23.2. The molecule has 1 radical (unpaired) electrons. The van der Waals surface area contributed by atoms with Crippen LogP contribution in [0.2, 0.25) is 0 Å². The number of aromatic nitrogens is 3. The quantitative estimate of drug-likeness (QED) is 0.167. The number of nitrogens with zero attached hydrogens (tertiary/aromatic N) is 3. The van der Waals surface area contributed by atoms with Crippen molar-refractivity contribution in [1.29, 1.82) is 0 Å². The summed E-state index contributed by atoms with van der Waals surface area (Å²) >= 11 is 0. The first-order valence-electron chi connectivity index (χ1n) is 16.0. The molecule has 10 rings (SSSR count). The molecule has 0 spiro atoms. The molecule has 5 aromatic heterocycles. The number of pyridine rings is 2. The number of benzene rings is 5. The van der Waals surface area contributed by atoms with Gasteiger partial charge >= 0.3 is 0 Å². The van der Waals surface area contributed by atoms with Gasteiger partial charge in [-0.2, -0.15) is 0 Å². The van der Waals surface area contributed by atoms with Crippen molar-refractivity contribution in [1.82, 2.24) is 14.4 Å². The van der Waals surface area contributed by atoms with E-state index in [1.54, 1.807) is 6.20 Å². The molecule has 5 aromatic carbocycles. The van der Waals surface area contributed by atoms with Crippen LogP contribution in [0.1, 0.15) is 25.3 Å². The molecule has 0 atom stereocenters. The van der Waals surface area contributed by atoms with E-state index in [-0.39, 0.29) is 20.1 Å². The van der Waals surface area contributed by atoms with Gasteiger partial charge in [-0.3, -0.25) is 4.98 Å². The van der Waals surface area contributed by atoms with Gasteiger partial charge < -0.3 is 13.8 Å². The number of hydrogen-bond acceptors (Lipinski definition) is 3. The Bertz CT molecular complexity index is 2670. The minimum absolute atomic E-state index is 0. The van der Waals surface area contributed by atoms with Gasteiger partial charge in [-0.1, -0.05) is 103 Å². The molecule has 0 unspecified atom stereocenters. The number of hydrogen-bond donors (Lipinski definition) is 0. The molecular weight excluding hydrogens is 767 g/mol. The van der Waals surface area contributed by atoms with Crippen LogP contribution in [0.5, 0.6) is 0 Å². The molecule has 0 aliphatic carbocycles. The molecule has 0 fully saturated rings. The number of furan rings is 1. The van der Waals surface area contributed by atoms with E-state index < -0.39 is 0 Å². The summed E-state index contributed by atoms with van der Waals surface area (Å²) in [7, 11) is 0. The Balaban J connectivity index is 0.000000220. The fraction of sp³-hybridized carbons (Fsp3) is 0.0698. The summed E-state index contributed by atoms with van der Waals surface area (Å²) in [6, 6.07) is 48.5. The van der Waals surface area contributed by atoms with Crippen LogP contribution in [0.25, 0.3) is 82.5 Å². The largest absolute Gasteiger partial charge is 0.491 e. The minimum Gasteiger partial charge on any atom is -0.491 e. The molecule has 5 heteroatoms. The van der Waals surface area contributed by atoms with E-state index in [9.17, 15) is 0 Å². The van der Waals surface area contributed by atoms with Gasteiger partial charge in [0.2, 0.25) is 0 Å². The van der Waals surface area contributed by atoms with Gasteiger partial charge in [0.05, 0.1) is 5.58 Å². The van der Waals surface area contributed by atoms with Crippen LogP contribution in [0, 0.1) is 12.1 Å². The summed E-state index contributed by atoms with van der Waals surface area (Å²) in [4.78, 5) is 8.99. The molecule has 48 heavy (non-hydrogen) atoms. The van der Waals surface area contributed by atoms with Crippen molar-refractivity contribution >= 4 is 60.0 Å². The molecule has 4 nitrogen and oxygen atoms in total. The summed E-state index contributed by atoms with van der Waals surface area (Å²) in [6.45, 7) is 4.42. The molecule has 0 bridgehead atoms. The molecule has 0 aliphatic heterocycles. The molecular formula is C43H29IrN3O-2. The zero-order valence-electron chi connectivity index (χ0n) is 26.4. The third-order valence-electron chi connectivity index (χ3n) is 9.09. The van der Waals surface area contributed by atoms with Crippen LogP contribution in [-0.2, 0) is 20.1 Å². The molecule has 0 saturated carbocycles. The number of para-hydroxylation sites is 3. The SMILES string of the molecule is CC(C)c1ccnc(-c2[c-]c3c4cccc5c6ccccc6n(c45)c3c3c2oc2ccccc23)c1.[Ir].[c-]1ccccc1-c1ccccn1. The smallest absolute Gasteiger partial charge is 0.123 e. The van der Waals surface area contributed by atoms with Crippen LogP contribution in [0.3, 0.4) is 0 Å². The van der Waals surface area contributed by atoms with Crippen molar-refractivity contribution in [2.45, 2.75) is 19.8 Å². The predicted octanol–water partition coefficient (Wildman–Crippen LogP) is 11.3. The minimum atomic E-state index is 0. The maximum absolute atomic E-state index is 6.56. The Labute approximate surface area is 291 Å². The standard InChI is InChI=1S/C32H21N2O.C11H8N.Ir/c1-18(2)19-14-15-33-26(16-19)25-17-24-22-11-7-10-21-20-8-3-5-12-27(20)34(30(21)22)31(24)29-23-9-4-6-13-28(23)35-32(25)29;1-2-6-10(7-3-1)11-8-4-5-9-12-11;/h3-16,18H,1-2H3;1-6,8-9H;/q2*-1;. The summed E-state index contributed by atoms with van der Waals surface area (Å²) in [5, 5.41) is 7.11. The fourth-order valence-electron chi connectivity index (χ4n) is 6.89. The zero-order chi connectivity index (χ0) is 31.5. The van der Waals surface area contributed by atoms with E-state index in [1.807, 2.05) is 54.7 Å². The van der Waals surface area contributed by atoms with Crippen LogP contribution >= 0.6 is 0 Å². The third-order valence-corrected chi connectivity index (χ3v) is 9.09. The second-order valence-electron chi connectivity index (χ2n) is 12.2. The number of fused-ring (bicyclic) bond motifs is 10. The first-order valence-corrected chi connectivity index (χ1v) is 16.0. The first kappa shape index (κ1) is 30.0. The molecule has 0 amide bonds. The van der Waals surface area contributed by atoms with Crippen molar-refractivity contribution in [3.8, 4) is 22.5 Å². The van der Waals surface area contributed by atoms with E-state index in [4.69, 9.17) is 9.40 Å². The van der Waals surface area contributed by atoms with Crippen LogP contribution in [-0.4, -0.2) is 14.4 Å². The summed E-state index contributed by atoms with van der Waals surface area (Å²) in [5.74, 6) is 0.415. The van der Waals surface area contributed by atoms with Crippen molar-refractivity contribution < 1.29 is 24.5 Å². The van der Waals surface area contributed by atoms with Gasteiger partial charge in [-0.25, -0.2) is 0 Å². The van der Waals surface area contributed by atoms with E-state index in [1.165, 1.54) is 32.8 Å². The van der Waals surface area contributed by atoms with Gasteiger partial charge in [0, 0.05) is 65.4 Å². The molecule has 10 aromatic rings. The third kappa shape index (κ3) is 4.70. The second kappa shape index (κ2) is 12.0. The van der Waals surface area contributed by atoms with Crippen LogP contribution in [0.15, 0.2) is 138 Å². The van der Waals surface area contributed by atoms with E-state index in [0.29, 0.717) is 5.92 Å². The van der Waals surface area contributed by atoms with Gasteiger partial charge in [0.25, 0.3) is 0 Å². The average molecular weight is 796 g/mol. The Morgan fingerprint density at radius 2 is 1.42 bits per heavy atom. The molecule has 5 heterocycles. The van der Waals surface area contributed by atoms with E-state index in [2.05, 4.69) is 108 Å². The van der Waals surface area contributed by atoms with Crippen molar-refractivity contribution in [3.63, 3.8) is 0 Å².